The molecule has 2 amide bonds. The van der Waals surface area contributed by atoms with Crippen LogP contribution in [0.3, 0.4) is 0 Å². The number of rotatable bonds is 8. The molecule has 0 saturated carbocycles. The van der Waals surface area contributed by atoms with Gasteiger partial charge >= 0.3 is 0 Å². The molecule has 3 aromatic rings. The van der Waals surface area contributed by atoms with Gasteiger partial charge in [-0.15, -0.1) is 11.3 Å². The number of anilines is 2. The third-order valence-corrected chi connectivity index (χ3v) is 8.01. The molecule has 38 heavy (non-hydrogen) atoms. The smallest absolute Gasteiger partial charge is 0.254 e. The molecule has 0 aliphatic carbocycles. The molecule has 1 aliphatic rings. The van der Waals surface area contributed by atoms with Gasteiger partial charge in [-0.1, -0.05) is 36.0 Å². The van der Waals surface area contributed by atoms with E-state index in [9.17, 15) is 14.9 Å². The summed E-state index contributed by atoms with van der Waals surface area (Å²) >= 11 is 2.72. The molecular formula is C29H28N4O3S2. The summed E-state index contributed by atoms with van der Waals surface area (Å²) < 4.78 is 5.44. The summed E-state index contributed by atoms with van der Waals surface area (Å²) in [6.07, 6.45) is 0. The number of aliphatic imine (C=N–C) groups is 1. The fourth-order valence-corrected chi connectivity index (χ4v) is 5.99. The van der Waals surface area contributed by atoms with E-state index in [4.69, 9.17) is 4.74 Å². The van der Waals surface area contributed by atoms with Gasteiger partial charge in [0.15, 0.2) is 0 Å². The number of hydrogen-bond donors (Lipinski definition) is 2. The zero-order valence-electron chi connectivity index (χ0n) is 21.4. The summed E-state index contributed by atoms with van der Waals surface area (Å²) in [5.41, 5.74) is 3.31. The number of carbonyl (C=O) groups excluding carboxylic acids is 2. The van der Waals surface area contributed by atoms with Gasteiger partial charge in [-0.2, -0.15) is 5.26 Å². The predicted molar refractivity (Wildman–Crippen MR) is 155 cm³/mol. The maximum absolute atomic E-state index is 13.5. The van der Waals surface area contributed by atoms with Gasteiger partial charge in [0, 0.05) is 33.4 Å². The Hall–Kier alpha value is -3.87. The van der Waals surface area contributed by atoms with Crippen LogP contribution in [0.4, 0.5) is 11.4 Å². The lowest BCUT2D eigenvalue weighted by molar-refractivity contribution is -0.114. The molecule has 2 atom stereocenters. The fraction of sp³-hybridized carbons (Fsp3) is 0.241. The molecule has 0 fully saturated rings. The van der Waals surface area contributed by atoms with Crippen LogP contribution in [0, 0.1) is 24.2 Å². The molecule has 1 aliphatic heterocycles. The van der Waals surface area contributed by atoms with Gasteiger partial charge in [0.05, 0.1) is 23.5 Å². The lowest BCUT2D eigenvalue weighted by Gasteiger charge is -2.29. The highest BCUT2D eigenvalue weighted by Gasteiger charge is 2.39. The summed E-state index contributed by atoms with van der Waals surface area (Å²) in [6.45, 7) is 6.19. The monoisotopic (exact) mass is 544 g/mol. The van der Waals surface area contributed by atoms with E-state index in [0.29, 0.717) is 34.3 Å². The SMILES string of the molecule is CCOc1ccc(NC(=O)CSC2=NC(C)=C(C(=O)Nc3ccccc3C)C(c3cccs3)C2C#N)cc1. The average molecular weight is 545 g/mol. The summed E-state index contributed by atoms with van der Waals surface area (Å²) in [7, 11) is 0. The Morgan fingerprint density at radius 1 is 1.08 bits per heavy atom. The summed E-state index contributed by atoms with van der Waals surface area (Å²) in [4.78, 5) is 31.8. The Morgan fingerprint density at radius 3 is 2.50 bits per heavy atom. The van der Waals surface area contributed by atoms with Crippen LogP contribution in [-0.4, -0.2) is 29.2 Å². The third kappa shape index (κ3) is 6.33. The minimum Gasteiger partial charge on any atom is -0.494 e. The Balaban J connectivity index is 1.55. The van der Waals surface area contributed by atoms with E-state index in [1.54, 1.807) is 31.2 Å². The second-order valence-electron chi connectivity index (χ2n) is 8.61. The first kappa shape index (κ1) is 27.2. The van der Waals surface area contributed by atoms with E-state index >= 15 is 0 Å². The van der Waals surface area contributed by atoms with Gasteiger partial charge in [-0.05, 0) is 68.1 Å². The van der Waals surface area contributed by atoms with Crippen LogP contribution >= 0.6 is 23.1 Å². The maximum Gasteiger partial charge on any atom is 0.254 e. The van der Waals surface area contributed by atoms with E-state index in [0.717, 1.165) is 16.2 Å². The Bertz CT molecular complexity index is 1410. The van der Waals surface area contributed by atoms with Crippen molar-refractivity contribution in [3.8, 4) is 11.8 Å². The number of benzene rings is 2. The Labute approximate surface area is 230 Å². The highest BCUT2D eigenvalue weighted by molar-refractivity contribution is 8.14. The van der Waals surface area contributed by atoms with Crippen LogP contribution in [0.2, 0.25) is 0 Å². The summed E-state index contributed by atoms with van der Waals surface area (Å²) in [6, 6.07) is 20.9. The molecule has 2 N–H and O–H groups in total. The number of thiophene rings is 1. The van der Waals surface area contributed by atoms with E-state index in [1.807, 2.05) is 55.6 Å². The Kier molecular flexibility index (Phi) is 9.00. The van der Waals surface area contributed by atoms with Crippen LogP contribution in [0.1, 0.15) is 30.2 Å². The van der Waals surface area contributed by atoms with Crippen molar-refractivity contribution in [2.24, 2.45) is 10.9 Å². The highest BCUT2D eigenvalue weighted by Crippen LogP contribution is 2.43. The van der Waals surface area contributed by atoms with Crippen LogP contribution in [-0.2, 0) is 9.59 Å². The van der Waals surface area contributed by atoms with E-state index in [1.165, 1.54) is 23.1 Å². The molecule has 0 saturated heterocycles. The molecule has 4 rings (SSSR count). The van der Waals surface area contributed by atoms with Gasteiger partial charge in [0.2, 0.25) is 5.91 Å². The lowest BCUT2D eigenvalue weighted by Crippen LogP contribution is -2.31. The van der Waals surface area contributed by atoms with Gasteiger partial charge < -0.3 is 15.4 Å². The molecule has 9 heteroatoms. The quantitative estimate of drug-likeness (QED) is 0.343. The summed E-state index contributed by atoms with van der Waals surface area (Å²) in [5, 5.41) is 18.5. The molecule has 1 aromatic heterocycles. The number of aryl methyl sites for hydroxylation is 1. The first-order chi connectivity index (χ1) is 18.4. The predicted octanol–water partition coefficient (Wildman–Crippen LogP) is 6.38. The number of para-hydroxylation sites is 1. The van der Waals surface area contributed by atoms with Crippen molar-refractivity contribution >= 4 is 51.3 Å². The second kappa shape index (κ2) is 12.6. The van der Waals surface area contributed by atoms with Crippen molar-refractivity contribution in [2.75, 3.05) is 23.0 Å². The Morgan fingerprint density at radius 2 is 1.84 bits per heavy atom. The van der Waals surface area contributed by atoms with Crippen LogP contribution in [0.25, 0.3) is 0 Å². The largest absolute Gasteiger partial charge is 0.494 e. The van der Waals surface area contributed by atoms with E-state index in [-0.39, 0.29) is 17.6 Å². The molecule has 2 heterocycles. The first-order valence-electron chi connectivity index (χ1n) is 12.2. The number of nitrogens with zero attached hydrogens (tertiary/aromatic N) is 2. The number of nitrogens with one attached hydrogen (secondary N) is 2. The molecule has 0 radical (unpaired) electrons. The third-order valence-electron chi connectivity index (χ3n) is 6.00. The maximum atomic E-state index is 13.5. The molecule has 194 valence electrons. The van der Waals surface area contributed by atoms with Gasteiger partial charge in [-0.3, -0.25) is 9.59 Å². The molecule has 7 nitrogen and oxygen atoms in total. The minimum absolute atomic E-state index is 0.0827. The van der Waals surface area contributed by atoms with Gasteiger partial charge in [0.1, 0.15) is 11.7 Å². The molecule has 2 aromatic carbocycles. The number of amides is 2. The van der Waals surface area contributed by atoms with Crippen LogP contribution < -0.4 is 15.4 Å². The van der Waals surface area contributed by atoms with Crippen molar-refractivity contribution in [1.29, 1.82) is 5.26 Å². The van der Waals surface area contributed by atoms with Crippen molar-refractivity contribution in [2.45, 2.75) is 26.7 Å². The van der Waals surface area contributed by atoms with Crippen LogP contribution in [0.5, 0.6) is 5.75 Å². The van der Waals surface area contributed by atoms with Crippen molar-refractivity contribution in [3.63, 3.8) is 0 Å². The average Bonchev–Trinajstić information content (AvgIpc) is 3.44. The standard InChI is InChI=1S/C29H28N4O3S2/c1-4-36-21-13-11-20(12-14-21)32-25(34)17-38-29-22(16-30)27(24-10-7-15-37-24)26(19(3)31-29)28(35)33-23-9-6-5-8-18(23)2/h5-15,22,27H,4,17H2,1-3H3,(H,32,34)(H,33,35). The lowest BCUT2D eigenvalue weighted by atomic mass is 9.82. The number of hydrogen-bond acceptors (Lipinski definition) is 7. The second-order valence-corrected chi connectivity index (χ2v) is 10.6. The topological polar surface area (TPSA) is 104 Å². The summed E-state index contributed by atoms with van der Waals surface area (Å²) in [5.74, 6) is -0.860. The van der Waals surface area contributed by atoms with E-state index < -0.39 is 11.8 Å². The zero-order chi connectivity index (χ0) is 27.1. The molecule has 2 unspecified atom stereocenters. The number of allylic oxidation sites excluding steroid dienone is 1. The number of ether oxygens (including phenoxy) is 1. The molecule has 0 bridgehead atoms. The van der Waals surface area contributed by atoms with Crippen molar-refractivity contribution in [3.05, 3.63) is 87.8 Å². The van der Waals surface area contributed by atoms with Gasteiger partial charge in [0.25, 0.3) is 5.91 Å². The normalized spacial score (nSPS) is 16.8. The highest BCUT2D eigenvalue weighted by atomic mass is 32.2. The number of thioether (sulfide) groups is 1. The van der Waals surface area contributed by atoms with Gasteiger partial charge in [-0.25, -0.2) is 4.99 Å². The zero-order valence-corrected chi connectivity index (χ0v) is 23.0. The molecular weight excluding hydrogens is 516 g/mol. The van der Waals surface area contributed by atoms with Crippen molar-refractivity contribution in [1.82, 2.24) is 0 Å². The molecule has 0 spiro atoms. The fourth-order valence-electron chi connectivity index (χ4n) is 4.20. The first-order valence-corrected chi connectivity index (χ1v) is 14.0. The number of carbonyl (C=O) groups is 2. The van der Waals surface area contributed by atoms with Crippen LogP contribution in [0.15, 0.2) is 82.3 Å². The van der Waals surface area contributed by atoms with Crippen molar-refractivity contribution < 1.29 is 14.3 Å². The number of nitriles is 1. The minimum atomic E-state index is -0.696. The van der Waals surface area contributed by atoms with E-state index in [2.05, 4.69) is 21.7 Å².